The fourth-order valence-electron chi connectivity index (χ4n) is 4.60. The van der Waals surface area contributed by atoms with Crippen molar-refractivity contribution >= 4 is 22.5 Å². The van der Waals surface area contributed by atoms with E-state index in [2.05, 4.69) is 34.4 Å². The molecule has 0 radical (unpaired) electrons. The Morgan fingerprint density at radius 3 is 2.52 bits per heavy atom. The number of fused-ring (bicyclic) bond motifs is 1. The van der Waals surface area contributed by atoms with Crippen LogP contribution in [0.1, 0.15) is 49.3 Å². The SMILES string of the molecule is Cc1cc(-c2c(O)c3cc(-c4ccc(C5CCCCC5)cc4)c(Cl)cc3[nH]c2=O)on1. The first-order chi connectivity index (χ1) is 15.0. The molecule has 0 spiro atoms. The highest BCUT2D eigenvalue weighted by molar-refractivity contribution is 6.34. The van der Waals surface area contributed by atoms with Crippen LogP contribution in [0, 0.1) is 6.92 Å². The number of rotatable bonds is 3. The van der Waals surface area contributed by atoms with Crippen molar-refractivity contribution in [2.45, 2.75) is 44.9 Å². The fraction of sp³-hybridized carbons (Fsp3) is 0.280. The lowest BCUT2D eigenvalue weighted by Gasteiger charge is -2.22. The van der Waals surface area contributed by atoms with Gasteiger partial charge in [-0.25, -0.2) is 0 Å². The monoisotopic (exact) mass is 434 g/mol. The number of aryl methyl sites for hydroxylation is 1. The van der Waals surface area contributed by atoms with Gasteiger partial charge in [0.2, 0.25) is 0 Å². The standard InChI is InChI=1S/C25H23ClN2O3/c1-14-11-22(31-28-14)23-24(29)19-12-18(20(26)13-21(19)27-25(23)30)17-9-7-16(8-10-17)15-5-3-2-4-6-15/h7-13,15H,2-6H2,1H3,(H2,27,29,30). The number of pyridine rings is 1. The van der Waals surface area contributed by atoms with Crippen molar-refractivity contribution < 1.29 is 9.63 Å². The predicted octanol–water partition coefficient (Wildman–Crippen LogP) is 6.57. The number of aromatic amines is 1. The molecular weight excluding hydrogens is 412 g/mol. The fourth-order valence-corrected chi connectivity index (χ4v) is 4.87. The zero-order chi connectivity index (χ0) is 21.5. The lowest BCUT2D eigenvalue weighted by atomic mass is 9.83. The van der Waals surface area contributed by atoms with Gasteiger partial charge in [-0.3, -0.25) is 4.79 Å². The maximum atomic E-state index is 12.6. The second-order valence-corrected chi connectivity index (χ2v) is 8.75. The highest BCUT2D eigenvalue weighted by Crippen LogP contribution is 2.39. The minimum absolute atomic E-state index is 0.0639. The van der Waals surface area contributed by atoms with Crippen molar-refractivity contribution in [2.24, 2.45) is 0 Å². The Kier molecular flexibility index (Phi) is 5.06. The van der Waals surface area contributed by atoms with E-state index in [-0.39, 0.29) is 17.1 Å². The molecule has 2 aromatic carbocycles. The minimum Gasteiger partial charge on any atom is -0.506 e. The van der Waals surface area contributed by atoms with Gasteiger partial charge in [-0.1, -0.05) is 60.3 Å². The Bertz CT molecular complexity index is 1320. The van der Waals surface area contributed by atoms with Gasteiger partial charge in [-0.15, -0.1) is 0 Å². The largest absolute Gasteiger partial charge is 0.506 e. The second-order valence-electron chi connectivity index (χ2n) is 8.34. The van der Waals surface area contributed by atoms with Gasteiger partial charge < -0.3 is 14.6 Å². The molecule has 2 aromatic heterocycles. The van der Waals surface area contributed by atoms with Crippen LogP contribution in [0.25, 0.3) is 33.4 Å². The Morgan fingerprint density at radius 1 is 1.10 bits per heavy atom. The summed E-state index contributed by atoms with van der Waals surface area (Å²) in [6, 6.07) is 13.6. The summed E-state index contributed by atoms with van der Waals surface area (Å²) < 4.78 is 5.21. The number of benzene rings is 2. The third-order valence-electron chi connectivity index (χ3n) is 6.25. The zero-order valence-electron chi connectivity index (χ0n) is 17.2. The first-order valence-electron chi connectivity index (χ1n) is 10.6. The molecule has 0 atom stereocenters. The van der Waals surface area contributed by atoms with Gasteiger partial charge >= 0.3 is 0 Å². The van der Waals surface area contributed by atoms with E-state index < -0.39 is 5.56 Å². The van der Waals surface area contributed by atoms with Crippen molar-refractivity contribution in [3.05, 3.63) is 69.1 Å². The summed E-state index contributed by atoms with van der Waals surface area (Å²) in [6.07, 6.45) is 6.44. The van der Waals surface area contributed by atoms with E-state index in [0.29, 0.717) is 27.5 Å². The van der Waals surface area contributed by atoms with Crippen molar-refractivity contribution in [2.75, 3.05) is 0 Å². The number of nitrogens with zero attached hydrogens (tertiary/aromatic N) is 1. The summed E-state index contributed by atoms with van der Waals surface area (Å²) in [4.78, 5) is 15.4. The van der Waals surface area contributed by atoms with Crippen LogP contribution in [0.4, 0.5) is 0 Å². The summed E-state index contributed by atoms with van der Waals surface area (Å²) in [7, 11) is 0. The predicted molar refractivity (Wildman–Crippen MR) is 123 cm³/mol. The van der Waals surface area contributed by atoms with Crippen molar-refractivity contribution in [1.82, 2.24) is 10.1 Å². The van der Waals surface area contributed by atoms with Gasteiger partial charge in [-0.05, 0) is 48.9 Å². The van der Waals surface area contributed by atoms with E-state index in [1.54, 1.807) is 19.1 Å². The first-order valence-corrected chi connectivity index (χ1v) is 11.0. The molecule has 5 nitrogen and oxygen atoms in total. The normalized spacial score (nSPS) is 14.9. The molecule has 158 valence electrons. The lowest BCUT2D eigenvalue weighted by Crippen LogP contribution is -2.09. The average Bonchev–Trinajstić information content (AvgIpc) is 3.20. The summed E-state index contributed by atoms with van der Waals surface area (Å²) in [5.74, 6) is 0.718. The maximum Gasteiger partial charge on any atom is 0.263 e. The van der Waals surface area contributed by atoms with E-state index in [1.165, 1.54) is 37.7 Å². The van der Waals surface area contributed by atoms with E-state index in [1.807, 2.05) is 6.07 Å². The molecule has 1 aliphatic rings. The molecule has 1 fully saturated rings. The van der Waals surface area contributed by atoms with Crippen molar-refractivity contribution in [3.8, 4) is 28.2 Å². The molecule has 1 saturated carbocycles. The second kappa shape index (κ2) is 7.89. The Hall–Kier alpha value is -3.05. The molecule has 2 N–H and O–H groups in total. The van der Waals surface area contributed by atoms with Gasteiger partial charge in [0.05, 0.1) is 16.2 Å². The third kappa shape index (κ3) is 3.63. The smallest absolute Gasteiger partial charge is 0.263 e. The van der Waals surface area contributed by atoms with Crippen LogP contribution in [-0.2, 0) is 0 Å². The van der Waals surface area contributed by atoms with E-state index in [9.17, 15) is 9.90 Å². The van der Waals surface area contributed by atoms with Gasteiger partial charge in [0.1, 0.15) is 11.3 Å². The van der Waals surface area contributed by atoms with E-state index in [0.717, 1.165) is 11.1 Å². The van der Waals surface area contributed by atoms with Gasteiger partial charge in [0.25, 0.3) is 5.56 Å². The Labute approximate surface area is 184 Å². The third-order valence-corrected chi connectivity index (χ3v) is 6.56. The van der Waals surface area contributed by atoms with Crippen molar-refractivity contribution in [3.63, 3.8) is 0 Å². The van der Waals surface area contributed by atoms with Crippen LogP contribution in [-0.4, -0.2) is 15.2 Å². The highest BCUT2D eigenvalue weighted by Gasteiger charge is 2.20. The van der Waals surface area contributed by atoms with Crippen LogP contribution in [0.3, 0.4) is 0 Å². The number of halogens is 1. The Morgan fingerprint density at radius 2 is 1.84 bits per heavy atom. The molecule has 4 aromatic rings. The number of hydrogen-bond acceptors (Lipinski definition) is 4. The van der Waals surface area contributed by atoms with E-state index >= 15 is 0 Å². The topological polar surface area (TPSA) is 79.1 Å². The summed E-state index contributed by atoms with van der Waals surface area (Å²) in [6.45, 7) is 1.76. The van der Waals surface area contributed by atoms with Gasteiger partial charge in [0.15, 0.2) is 5.76 Å². The summed E-state index contributed by atoms with van der Waals surface area (Å²) in [5.41, 5.74) is 3.84. The number of H-pyrrole nitrogens is 1. The number of aromatic nitrogens is 2. The summed E-state index contributed by atoms with van der Waals surface area (Å²) in [5, 5.41) is 15.7. The molecule has 0 saturated heterocycles. The van der Waals surface area contributed by atoms with Crippen LogP contribution < -0.4 is 5.56 Å². The molecule has 0 unspecified atom stereocenters. The molecule has 0 aliphatic heterocycles. The highest BCUT2D eigenvalue weighted by atomic mass is 35.5. The molecule has 6 heteroatoms. The number of nitrogens with one attached hydrogen (secondary N) is 1. The lowest BCUT2D eigenvalue weighted by molar-refractivity contribution is 0.421. The van der Waals surface area contributed by atoms with Crippen LogP contribution in [0.5, 0.6) is 5.75 Å². The molecular formula is C25H23ClN2O3. The molecule has 31 heavy (non-hydrogen) atoms. The van der Waals surface area contributed by atoms with Crippen LogP contribution >= 0.6 is 11.6 Å². The van der Waals surface area contributed by atoms with Crippen LogP contribution in [0.15, 0.2) is 51.8 Å². The van der Waals surface area contributed by atoms with E-state index in [4.69, 9.17) is 16.1 Å². The summed E-state index contributed by atoms with van der Waals surface area (Å²) >= 11 is 6.56. The zero-order valence-corrected chi connectivity index (χ0v) is 18.0. The maximum absolute atomic E-state index is 12.6. The quantitative estimate of drug-likeness (QED) is 0.382. The first kappa shape index (κ1) is 19.9. The molecule has 5 rings (SSSR count). The minimum atomic E-state index is -0.457. The Balaban J connectivity index is 1.59. The molecule has 2 heterocycles. The van der Waals surface area contributed by atoms with Gasteiger partial charge in [-0.2, -0.15) is 0 Å². The number of aromatic hydroxyl groups is 1. The molecule has 0 amide bonds. The number of hydrogen-bond donors (Lipinski definition) is 2. The average molecular weight is 435 g/mol. The molecule has 1 aliphatic carbocycles. The van der Waals surface area contributed by atoms with Crippen LogP contribution in [0.2, 0.25) is 5.02 Å². The van der Waals surface area contributed by atoms with Crippen molar-refractivity contribution in [1.29, 1.82) is 0 Å². The van der Waals surface area contributed by atoms with Gasteiger partial charge in [0, 0.05) is 17.0 Å². The molecule has 0 bridgehead atoms.